The average Bonchev–Trinajstić information content (AvgIpc) is 3.72. The van der Waals surface area contributed by atoms with Crippen LogP contribution in [-0.2, 0) is 22.7 Å². The van der Waals surface area contributed by atoms with E-state index in [1.165, 1.54) is 0 Å². The average molecular weight is 726 g/mol. The Hall–Kier alpha value is -3.45. The molecule has 8 rings (SSSR count). The van der Waals surface area contributed by atoms with Crippen LogP contribution in [0.3, 0.4) is 0 Å². The van der Waals surface area contributed by atoms with Crippen molar-refractivity contribution in [1.82, 2.24) is 9.97 Å². The summed E-state index contributed by atoms with van der Waals surface area (Å²) in [7, 11) is 0. The number of aromatic carboxylic acids is 1. The van der Waals surface area contributed by atoms with Gasteiger partial charge in [0.15, 0.2) is 0 Å². The second kappa shape index (κ2) is 16.5. The van der Waals surface area contributed by atoms with Crippen LogP contribution in [0.15, 0.2) is 97.3 Å². The zero-order valence-corrected chi connectivity index (χ0v) is 30.1. The number of ether oxygens (including phenoxy) is 2. The summed E-state index contributed by atoms with van der Waals surface area (Å²) in [6.45, 7) is 1.04. The summed E-state index contributed by atoms with van der Waals surface area (Å²) in [5.41, 5.74) is 8.79. The van der Waals surface area contributed by atoms with E-state index < -0.39 is 17.3 Å². The third-order valence-corrected chi connectivity index (χ3v) is 8.44. The van der Waals surface area contributed by atoms with Gasteiger partial charge in [-0.05, 0) is 88.0 Å². The molecule has 0 saturated heterocycles. The van der Waals surface area contributed by atoms with Crippen molar-refractivity contribution < 1.29 is 74.4 Å². The van der Waals surface area contributed by atoms with Crippen LogP contribution in [0.4, 0.5) is 0 Å². The zero-order chi connectivity index (χ0) is 33.8. The van der Waals surface area contributed by atoms with Crippen molar-refractivity contribution in [2.75, 3.05) is 0 Å². The molecule has 1 N–H and O–H groups in total. The summed E-state index contributed by atoms with van der Waals surface area (Å²) in [5, 5.41) is 12.3. The molecule has 0 radical (unpaired) electrons. The summed E-state index contributed by atoms with van der Waals surface area (Å²) < 4.78 is 28.3. The first-order chi connectivity index (χ1) is 23.3. The maximum atomic E-state index is 11.2. The second-order valence-corrected chi connectivity index (χ2v) is 12.0. The summed E-state index contributed by atoms with van der Waals surface area (Å²) in [5.74, 6) is -0.937. The summed E-state index contributed by atoms with van der Waals surface area (Å²) in [6, 6.07) is 26.4. The molecule has 0 spiro atoms. The number of nitrogens with zero attached hydrogens (tertiary/aromatic N) is 2. The molecule has 242 valence electrons. The molecule has 49 heavy (non-hydrogen) atoms. The second-order valence-electron chi connectivity index (χ2n) is 11.0. The quantitative estimate of drug-likeness (QED) is 0.214. The molecule has 9 nitrogen and oxygen atoms in total. The zero-order valence-electron chi connectivity index (χ0n) is 25.8. The van der Waals surface area contributed by atoms with Gasteiger partial charge >= 0.3 is 35.5 Å². The number of rotatable bonds is 4. The van der Waals surface area contributed by atoms with E-state index in [1.54, 1.807) is 24.5 Å². The number of hydrogen-bond donors (Lipinski definition) is 1. The van der Waals surface area contributed by atoms with Crippen LogP contribution >= 0.6 is 23.2 Å². The largest absolute Gasteiger partial charge is 1.00 e. The number of aldehydes is 1. The minimum atomic E-state index is -0.937. The SMILES string of the molecule is O=C(O)c1ccc2c(c1)C(c1ccc3ncc(Cl)cc3c1)OC2.O=Cc1ccc2c(c1)C(c1ccc3ncc(Cl)cc3c1)OC2.[Na+].[O-][Cl+][O-]. The van der Waals surface area contributed by atoms with E-state index in [4.69, 9.17) is 42.0 Å². The van der Waals surface area contributed by atoms with Gasteiger partial charge in [0.1, 0.15) is 18.5 Å². The van der Waals surface area contributed by atoms with Gasteiger partial charge in [0, 0.05) is 28.7 Å². The Bertz CT molecular complexity index is 2170. The molecule has 0 amide bonds. The molecule has 2 aliphatic heterocycles. The topological polar surface area (TPSA) is 145 Å². The Balaban J connectivity index is 0.000000174. The van der Waals surface area contributed by atoms with Crippen molar-refractivity contribution in [3.63, 3.8) is 0 Å². The van der Waals surface area contributed by atoms with Gasteiger partial charge < -0.3 is 23.9 Å². The van der Waals surface area contributed by atoms with E-state index in [2.05, 4.69) is 9.97 Å². The number of benzene rings is 4. The van der Waals surface area contributed by atoms with Crippen molar-refractivity contribution in [3.05, 3.63) is 152 Å². The number of carboxylic acid groups (broad SMARTS) is 1. The molecule has 2 atom stereocenters. The molecule has 6 aromatic rings. The van der Waals surface area contributed by atoms with Crippen LogP contribution in [0.25, 0.3) is 21.8 Å². The first kappa shape index (κ1) is 36.8. The smallest absolute Gasteiger partial charge is 0.544 e. The number of carbonyl (C=O) groups is 2. The van der Waals surface area contributed by atoms with Crippen LogP contribution in [0.2, 0.25) is 10.0 Å². The van der Waals surface area contributed by atoms with Gasteiger partial charge in [-0.25, -0.2) is 4.79 Å². The third kappa shape index (κ3) is 8.30. The van der Waals surface area contributed by atoms with E-state index in [9.17, 15) is 14.7 Å². The summed E-state index contributed by atoms with van der Waals surface area (Å²) in [6.07, 6.45) is 3.69. The Morgan fingerprint density at radius 2 is 1.24 bits per heavy atom. The number of pyridine rings is 2. The molecular weight excluding hydrogens is 702 g/mol. The van der Waals surface area contributed by atoms with Gasteiger partial charge in [0.25, 0.3) is 0 Å². The maximum Gasteiger partial charge on any atom is 1.00 e. The van der Waals surface area contributed by atoms with Gasteiger partial charge in [0.2, 0.25) is 0 Å². The van der Waals surface area contributed by atoms with Gasteiger partial charge in [-0.3, -0.25) is 14.8 Å². The van der Waals surface area contributed by atoms with E-state index in [-0.39, 0.29) is 47.3 Å². The molecule has 2 unspecified atom stereocenters. The normalized spacial score (nSPS) is 15.6. The van der Waals surface area contributed by atoms with Gasteiger partial charge in [-0.2, -0.15) is 0 Å². The molecule has 0 bridgehead atoms. The molecule has 0 saturated carbocycles. The van der Waals surface area contributed by atoms with Crippen molar-refractivity contribution in [3.8, 4) is 0 Å². The van der Waals surface area contributed by atoms with Crippen molar-refractivity contribution in [1.29, 1.82) is 0 Å². The molecule has 4 aromatic carbocycles. The Morgan fingerprint density at radius 3 is 1.73 bits per heavy atom. The Labute approximate surface area is 316 Å². The molecule has 2 aromatic heterocycles. The van der Waals surface area contributed by atoms with Crippen LogP contribution in [0, 0.1) is 11.3 Å². The fraction of sp³-hybridized carbons (Fsp3) is 0.111. The van der Waals surface area contributed by atoms with E-state index >= 15 is 0 Å². The molecule has 4 heterocycles. The van der Waals surface area contributed by atoms with Crippen LogP contribution in [-0.4, -0.2) is 27.3 Å². The Kier molecular flexibility index (Phi) is 12.4. The van der Waals surface area contributed by atoms with E-state index in [0.29, 0.717) is 28.8 Å². The van der Waals surface area contributed by atoms with Crippen LogP contribution in [0.1, 0.15) is 66.3 Å². The predicted molar refractivity (Wildman–Crippen MR) is 172 cm³/mol. The van der Waals surface area contributed by atoms with Gasteiger partial charge in [-0.15, -0.1) is 0 Å². The first-order valence-electron chi connectivity index (χ1n) is 14.4. The van der Waals surface area contributed by atoms with Crippen molar-refractivity contribution >= 4 is 57.3 Å². The fourth-order valence-electron chi connectivity index (χ4n) is 5.82. The number of carbonyl (C=O) groups excluding carboxylic acids is 1. The summed E-state index contributed by atoms with van der Waals surface area (Å²) >= 11 is 11.6. The monoisotopic (exact) mass is 724 g/mol. The van der Waals surface area contributed by atoms with Crippen LogP contribution in [0.5, 0.6) is 0 Å². The number of halogens is 3. The molecule has 13 heteroatoms. The van der Waals surface area contributed by atoms with E-state index in [0.717, 1.165) is 61.5 Å². The molecule has 0 fully saturated rings. The number of aromatic nitrogens is 2. The summed E-state index contributed by atoms with van der Waals surface area (Å²) in [4.78, 5) is 30.8. The maximum absolute atomic E-state index is 11.2. The van der Waals surface area contributed by atoms with Crippen LogP contribution < -0.4 is 38.9 Å². The van der Waals surface area contributed by atoms with E-state index in [1.807, 2.05) is 72.8 Å². The number of carboxylic acids is 1. The first-order valence-corrected chi connectivity index (χ1v) is 15.8. The van der Waals surface area contributed by atoms with Crippen molar-refractivity contribution in [2.45, 2.75) is 25.4 Å². The van der Waals surface area contributed by atoms with Gasteiger partial charge in [-0.1, -0.05) is 53.5 Å². The minimum Gasteiger partial charge on any atom is -0.544 e. The Morgan fingerprint density at radius 1 is 0.755 bits per heavy atom. The van der Waals surface area contributed by atoms with Crippen molar-refractivity contribution in [2.24, 2.45) is 0 Å². The third-order valence-electron chi connectivity index (χ3n) is 8.02. The number of hydrogen-bond acceptors (Lipinski definition) is 8. The predicted octanol–water partition coefficient (Wildman–Crippen LogP) is 3.15. The van der Waals surface area contributed by atoms with Gasteiger partial charge in [0.05, 0.1) is 51.2 Å². The minimum absolute atomic E-state index is 0. The molecule has 2 aliphatic rings. The molecular formula is C36H24Cl3N2NaO7. The number of fused-ring (bicyclic) bond motifs is 4. The fourth-order valence-corrected chi connectivity index (χ4v) is 6.15. The molecule has 0 aliphatic carbocycles. The standard InChI is InChI=1S/C18H12ClNO3.C18H12ClNO2.ClO2.Na/c19-14-6-13-5-10(3-4-16(13)20-8-14)17-15-7-11(18(21)22)1-2-12(15)9-23-17;19-15-7-14-6-12(3-4-17(14)20-8-15)18-16-5-11(9-21)1-2-13(16)10-22-18;2-1-3;/h1-8,17H,9H2,(H,21,22);1-9,18H,10H2;;/q;;-1;+1.